The average Bonchev–Trinajstić information content (AvgIpc) is 2.97. The molecule has 0 radical (unpaired) electrons. The predicted octanol–water partition coefficient (Wildman–Crippen LogP) is 2.63. The van der Waals surface area contributed by atoms with E-state index in [1.165, 1.54) is 0 Å². The molecule has 0 aliphatic carbocycles. The molecule has 4 heteroatoms. The van der Waals surface area contributed by atoms with Gasteiger partial charge in [0, 0.05) is 36.4 Å². The Kier molecular flexibility index (Phi) is 2.71. The molecule has 1 aliphatic heterocycles. The molecule has 19 heavy (non-hydrogen) atoms. The minimum atomic E-state index is -0.305. The summed E-state index contributed by atoms with van der Waals surface area (Å²) < 4.78 is 7.11. The maximum Gasteiger partial charge on any atom is 0.334 e. The third kappa shape index (κ3) is 2.05. The molecule has 1 fully saturated rings. The molecule has 0 spiro atoms. The smallest absolute Gasteiger partial charge is 0.334 e. The minimum Gasteiger partial charge on any atom is -0.454 e. The summed E-state index contributed by atoms with van der Waals surface area (Å²) in [5.74, 6) is -0.305. The Balaban J connectivity index is 2.03. The van der Waals surface area contributed by atoms with Crippen LogP contribution in [0.15, 0.2) is 48.7 Å². The highest BCUT2D eigenvalue weighted by molar-refractivity contribution is 5.90. The summed E-state index contributed by atoms with van der Waals surface area (Å²) in [5.41, 5.74) is 3.39. The van der Waals surface area contributed by atoms with Gasteiger partial charge in [-0.05, 0) is 6.07 Å². The van der Waals surface area contributed by atoms with Crippen molar-refractivity contribution in [2.24, 2.45) is 7.05 Å². The molecule has 0 N–H and O–H groups in total. The number of aryl methyl sites for hydroxylation is 1. The lowest BCUT2D eigenvalue weighted by atomic mass is 9.97. The van der Waals surface area contributed by atoms with Crippen molar-refractivity contribution in [2.45, 2.75) is 12.5 Å². The van der Waals surface area contributed by atoms with Crippen LogP contribution in [0.4, 0.5) is 0 Å². The van der Waals surface area contributed by atoms with Crippen LogP contribution in [-0.2, 0) is 16.6 Å². The standard InChI is InChI=1S/C15H14N2O2/c1-10-9-14(19-15(10)18)12-6-4-3-5-11(12)13-7-8-17(2)16-13/h3-8,14H,1,9H2,2H3. The highest BCUT2D eigenvalue weighted by Gasteiger charge is 2.30. The van der Waals surface area contributed by atoms with Crippen LogP contribution in [0.25, 0.3) is 11.3 Å². The third-order valence-corrected chi connectivity index (χ3v) is 3.27. The Bertz CT molecular complexity index is 642. The van der Waals surface area contributed by atoms with Crippen molar-refractivity contribution < 1.29 is 9.53 Å². The van der Waals surface area contributed by atoms with Crippen molar-refractivity contribution in [3.8, 4) is 11.3 Å². The maximum absolute atomic E-state index is 11.5. The summed E-state index contributed by atoms with van der Waals surface area (Å²) in [4.78, 5) is 11.5. The second kappa shape index (κ2) is 4.39. The zero-order valence-corrected chi connectivity index (χ0v) is 10.7. The zero-order valence-electron chi connectivity index (χ0n) is 10.7. The van der Waals surface area contributed by atoms with Crippen molar-refractivity contribution in [3.05, 3.63) is 54.2 Å². The predicted molar refractivity (Wildman–Crippen MR) is 71.2 cm³/mol. The van der Waals surface area contributed by atoms with Gasteiger partial charge in [-0.25, -0.2) is 4.79 Å². The summed E-state index contributed by atoms with van der Waals surface area (Å²) in [5, 5.41) is 4.40. The SMILES string of the molecule is C=C1CC(c2ccccc2-c2ccn(C)n2)OC1=O. The maximum atomic E-state index is 11.5. The van der Waals surface area contributed by atoms with Crippen molar-refractivity contribution in [1.29, 1.82) is 0 Å². The van der Waals surface area contributed by atoms with E-state index >= 15 is 0 Å². The molecule has 0 bridgehead atoms. The van der Waals surface area contributed by atoms with Gasteiger partial charge in [0.15, 0.2) is 0 Å². The van der Waals surface area contributed by atoms with E-state index in [-0.39, 0.29) is 12.1 Å². The van der Waals surface area contributed by atoms with E-state index in [4.69, 9.17) is 4.74 Å². The quantitative estimate of drug-likeness (QED) is 0.611. The number of hydrogen-bond donors (Lipinski definition) is 0. The van der Waals surface area contributed by atoms with Gasteiger partial charge in [-0.3, -0.25) is 4.68 Å². The molecule has 4 nitrogen and oxygen atoms in total. The fourth-order valence-electron chi connectivity index (χ4n) is 2.30. The first kappa shape index (κ1) is 11.7. The first-order chi connectivity index (χ1) is 9.15. The van der Waals surface area contributed by atoms with Gasteiger partial charge >= 0.3 is 5.97 Å². The molecule has 1 atom stereocenters. The van der Waals surface area contributed by atoms with E-state index in [2.05, 4.69) is 11.7 Å². The molecule has 2 heterocycles. The molecule has 0 amide bonds. The average molecular weight is 254 g/mol. The molecule has 2 aromatic rings. The number of carbonyl (C=O) groups excluding carboxylic acids is 1. The normalized spacial score (nSPS) is 18.7. The summed E-state index contributed by atoms with van der Waals surface area (Å²) >= 11 is 0. The number of hydrogen-bond acceptors (Lipinski definition) is 3. The van der Waals surface area contributed by atoms with E-state index in [1.807, 2.05) is 43.6 Å². The molecule has 1 aromatic carbocycles. The van der Waals surface area contributed by atoms with Crippen molar-refractivity contribution in [1.82, 2.24) is 9.78 Å². The second-order valence-electron chi connectivity index (χ2n) is 4.66. The lowest BCUT2D eigenvalue weighted by Crippen LogP contribution is -2.01. The van der Waals surface area contributed by atoms with Crippen molar-refractivity contribution in [2.75, 3.05) is 0 Å². The van der Waals surface area contributed by atoms with Gasteiger partial charge in [-0.15, -0.1) is 0 Å². The van der Waals surface area contributed by atoms with Crippen LogP contribution in [0.3, 0.4) is 0 Å². The zero-order chi connectivity index (χ0) is 13.4. The van der Waals surface area contributed by atoms with Gasteiger partial charge in [-0.2, -0.15) is 5.10 Å². The van der Waals surface area contributed by atoms with Crippen molar-refractivity contribution >= 4 is 5.97 Å². The molecule has 96 valence electrons. The first-order valence-electron chi connectivity index (χ1n) is 6.13. The van der Waals surface area contributed by atoms with Gasteiger partial charge in [0.1, 0.15) is 6.10 Å². The number of aromatic nitrogens is 2. The largest absolute Gasteiger partial charge is 0.454 e. The van der Waals surface area contributed by atoms with Gasteiger partial charge in [-0.1, -0.05) is 30.8 Å². The molecule has 1 saturated heterocycles. The van der Waals surface area contributed by atoms with Crippen LogP contribution in [-0.4, -0.2) is 15.7 Å². The Morgan fingerprint density at radius 2 is 2.16 bits per heavy atom. The van der Waals surface area contributed by atoms with Crippen LogP contribution in [0, 0.1) is 0 Å². The Morgan fingerprint density at radius 3 is 2.79 bits per heavy atom. The summed E-state index contributed by atoms with van der Waals surface area (Å²) in [6.45, 7) is 3.72. The minimum absolute atomic E-state index is 0.252. The van der Waals surface area contributed by atoms with Crippen LogP contribution in [0.1, 0.15) is 18.1 Å². The summed E-state index contributed by atoms with van der Waals surface area (Å²) in [7, 11) is 1.88. The van der Waals surface area contributed by atoms with Crippen LogP contribution in [0.5, 0.6) is 0 Å². The molecule has 1 aromatic heterocycles. The second-order valence-corrected chi connectivity index (χ2v) is 4.66. The topological polar surface area (TPSA) is 44.1 Å². The Morgan fingerprint density at radius 1 is 1.37 bits per heavy atom. The number of esters is 1. The number of benzene rings is 1. The number of ether oxygens (including phenoxy) is 1. The van der Waals surface area contributed by atoms with Crippen LogP contribution >= 0.6 is 0 Å². The number of carbonyl (C=O) groups is 1. The Hall–Kier alpha value is -2.36. The van der Waals surface area contributed by atoms with Crippen LogP contribution in [0.2, 0.25) is 0 Å². The first-order valence-corrected chi connectivity index (χ1v) is 6.13. The molecular formula is C15H14N2O2. The van der Waals surface area contributed by atoms with E-state index in [9.17, 15) is 4.79 Å². The molecule has 1 aliphatic rings. The summed E-state index contributed by atoms with van der Waals surface area (Å²) in [6.07, 6.45) is 2.19. The van der Waals surface area contributed by atoms with Gasteiger partial charge in [0.2, 0.25) is 0 Å². The van der Waals surface area contributed by atoms with Gasteiger partial charge < -0.3 is 4.74 Å². The van der Waals surface area contributed by atoms with E-state index in [1.54, 1.807) is 4.68 Å². The highest BCUT2D eigenvalue weighted by atomic mass is 16.5. The number of rotatable bonds is 2. The lowest BCUT2D eigenvalue weighted by molar-refractivity contribution is -0.139. The molecule has 3 rings (SSSR count). The fourth-order valence-corrected chi connectivity index (χ4v) is 2.30. The van der Waals surface area contributed by atoms with Gasteiger partial charge in [0.05, 0.1) is 5.69 Å². The molecule has 1 unspecified atom stereocenters. The molecule has 0 saturated carbocycles. The van der Waals surface area contributed by atoms with Gasteiger partial charge in [0.25, 0.3) is 0 Å². The van der Waals surface area contributed by atoms with Crippen molar-refractivity contribution in [3.63, 3.8) is 0 Å². The lowest BCUT2D eigenvalue weighted by Gasteiger charge is -2.13. The van der Waals surface area contributed by atoms with Crippen LogP contribution < -0.4 is 0 Å². The van der Waals surface area contributed by atoms with E-state index in [0.29, 0.717) is 12.0 Å². The Labute approximate surface area is 111 Å². The third-order valence-electron chi connectivity index (χ3n) is 3.27. The number of nitrogens with zero attached hydrogens (tertiary/aromatic N) is 2. The monoisotopic (exact) mass is 254 g/mol. The van der Waals surface area contributed by atoms with E-state index < -0.39 is 0 Å². The van der Waals surface area contributed by atoms with E-state index in [0.717, 1.165) is 16.8 Å². The molecular weight excluding hydrogens is 240 g/mol. The number of cyclic esters (lactones) is 1. The fraction of sp³-hybridized carbons (Fsp3) is 0.200. The highest BCUT2D eigenvalue weighted by Crippen LogP contribution is 2.37. The summed E-state index contributed by atoms with van der Waals surface area (Å²) in [6, 6.07) is 9.81.